The van der Waals surface area contributed by atoms with Crippen LogP contribution in [0, 0.1) is 7.14 Å². The third kappa shape index (κ3) is 9.29. The van der Waals surface area contributed by atoms with E-state index in [9.17, 15) is 19.2 Å². The van der Waals surface area contributed by atoms with Gasteiger partial charge in [0.2, 0.25) is 0 Å². The molecule has 0 saturated carbocycles. The van der Waals surface area contributed by atoms with Gasteiger partial charge in [-0.1, -0.05) is 29.5 Å². The van der Waals surface area contributed by atoms with Crippen molar-refractivity contribution in [3.05, 3.63) is 115 Å². The molecule has 1 aliphatic rings. The van der Waals surface area contributed by atoms with Crippen LogP contribution < -0.4 is 29.1 Å². The molecule has 0 spiro atoms. The van der Waals surface area contributed by atoms with Gasteiger partial charge in [-0.05, 0) is 126 Å². The Kier molecular flexibility index (Phi) is 13.7. The van der Waals surface area contributed by atoms with E-state index in [0.717, 1.165) is 12.7 Å². The highest BCUT2D eigenvalue weighted by Crippen LogP contribution is 2.37. The summed E-state index contributed by atoms with van der Waals surface area (Å²) in [5.41, 5.74) is 2.76. The highest BCUT2D eigenvalue weighted by Gasteiger charge is 2.34. The van der Waals surface area contributed by atoms with Crippen LogP contribution in [0.1, 0.15) is 60.8 Å². The van der Waals surface area contributed by atoms with Crippen molar-refractivity contribution in [2.24, 2.45) is 4.99 Å². The summed E-state index contributed by atoms with van der Waals surface area (Å²) in [4.78, 5) is 56.9. The van der Waals surface area contributed by atoms with Crippen molar-refractivity contribution in [3.63, 3.8) is 0 Å². The number of hydrogen-bond donors (Lipinski definition) is 0. The molecule has 1 atom stereocenters. The number of halogens is 2. The minimum absolute atomic E-state index is 0.126. The Morgan fingerprint density at radius 1 is 0.887 bits per heavy atom. The average molecular weight is 967 g/mol. The van der Waals surface area contributed by atoms with E-state index in [1.807, 2.05) is 24.3 Å². The average Bonchev–Trinajstić information content (AvgIpc) is 3.43. The zero-order valence-corrected chi connectivity index (χ0v) is 34.7. The van der Waals surface area contributed by atoms with Crippen molar-refractivity contribution in [2.45, 2.75) is 40.3 Å². The number of aromatic nitrogens is 1. The van der Waals surface area contributed by atoms with Gasteiger partial charge in [-0.3, -0.25) is 9.36 Å². The fourth-order valence-corrected chi connectivity index (χ4v) is 8.56. The minimum Gasteiger partial charge on any atom is -0.490 e. The molecule has 0 N–H and O–H groups in total. The van der Waals surface area contributed by atoms with E-state index in [4.69, 9.17) is 33.4 Å². The molecule has 15 heteroatoms. The van der Waals surface area contributed by atoms with E-state index < -0.39 is 18.0 Å². The van der Waals surface area contributed by atoms with Gasteiger partial charge >= 0.3 is 17.9 Å². The second kappa shape index (κ2) is 18.2. The van der Waals surface area contributed by atoms with Crippen molar-refractivity contribution >= 4 is 80.5 Å². The van der Waals surface area contributed by atoms with Crippen LogP contribution in [0.4, 0.5) is 0 Å². The summed E-state index contributed by atoms with van der Waals surface area (Å²) in [6.07, 6.45) is 1.77. The number of rotatable bonds is 14. The van der Waals surface area contributed by atoms with Crippen molar-refractivity contribution in [2.75, 3.05) is 33.5 Å². The second-order valence-electron chi connectivity index (χ2n) is 11.3. The van der Waals surface area contributed by atoms with Crippen molar-refractivity contribution in [3.8, 4) is 17.2 Å². The number of esters is 3. The molecule has 5 rings (SSSR count). The first-order valence-corrected chi connectivity index (χ1v) is 19.5. The highest BCUT2D eigenvalue weighted by molar-refractivity contribution is 14.1. The summed E-state index contributed by atoms with van der Waals surface area (Å²) in [6, 6.07) is 15.0. The topological polar surface area (TPSA) is 141 Å². The van der Waals surface area contributed by atoms with Gasteiger partial charge in [-0.15, -0.1) is 0 Å². The quantitative estimate of drug-likeness (QED) is 0.0877. The molecular formula is C38H36I2N2O10S. The third-order valence-electron chi connectivity index (χ3n) is 7.85. The van der Waals surface area contributed by atoms with Crippen molar-refractivity contribution in [1.29, 1.82) is 0 Å². The van der Waals surface area contributed by atoms with Gasteiger partial charge < -0.3 is 28.4 Å². The molecule has 1 aromatic heterocycles. The van der Waals surface area contributed by atoms with Crippen molar-refractivity contribution in [1.82, 2.24) is 4.57 Å². The number of hydrogen-bond acceptors (Lipinski definition) is 12. The van der Waals surface area contributed by atoms with Crippen LogP contribution >= 0.6 is 56.5 Å². The Bertz CT molecular complexity index is 2250. The van der Waals surface area contributed by atoms with E-state index in [1.165, 1.54) is 23.0 Å². The summed E-state index contributed by atoms with van der Waals surface area (Å²) in [6.45, 7) is 7.57. The SMILES string of the molecule is CCOC(=O)C1=C(C)N=c2s/c(=C/c3cc(I)cc(I)c3OCc3ccc(C(=O)OCC)cc3)c(=O)n2[C@@H]1c1ccc(OCC(=O)OC)c(OCC)c1. The molecule has 0 saturated heterocycles. The van der Waals surface area contributed by atoms with Crippen LogP contribution in [-0.4, -0.2) is 56.0 Å². The predicted octanol–water partition coefficient (Wildman–Crippen LogP) is 5.71. The standard InChI is InChI=1S/C38H36I2N2O10S/c1-6-48-29-16-24(13-14-28(29)51-20-31(43)47-5)33-32(37(46)50-8-3)21(4)41-38-42(33)35(44)30(53-38)17-25-15-26(39)18-27(40)34(25)52-19-22-9-11-23(12-10-22)36(45)49-7-2/h9-18,33H,6-8,19-20H2,1-5H3/b30-17+/t33-/m1/s1. The first-order valence-electron chi connectivity index (χ1n) is 16.5. The number of fused-ring (bicyclic) bond motifs is 1. The molecular weight excluding hydrogens is 930 g/mol. The molecule has 0 bridgehead atoms. The van der Waals surface area contributed by atoms with Gasteiger partial charge in [0, 0.05) is 9.13 Å². The van der Waals surface area contributed by atoms with Crippen LogP contribution in [0.25, 0.3) is 6.08 Å². The fraction of sp³-hybridized carbons (Fsp3) is 0.289. The van der Waals surface area contributed by atoms with E-state index in [2.05, 4.69) is 45.2 Å². The van der Waals surface area contributed by atoms with Gasteiger partial charge in [0.1, 0.15) is 12.4 Å². The van der Waals surface area contributed by atoms with Gasteiger partial charge in [-0.25, -0.2) is 19.4 Å². The lowest BCUT2D eigenvalue weighted by Gasteiger charge is -2.25. The number of nitrogens with zero attached hydrogens (tertiary/aromatic N) is 2. The maximum absolute atomic E-state index is 14.4. The summed E-state index contributed by atoms with van der Waals surface area (Å²) < 4.78 is 36.7. The van der Waals surface area contributed by atoms with Crippen LogP contribution in [0.2, 0.25) is 0 Å². The molecule has 278 valence electrons. The Balaban J connectivity index is 1.58. The number of benzene rings is 3. The monoisotopic (exact) mass is 966 g/mol. The number of carbonyl (C=O) groups is 3. The summed E-state index contributed by atoms with van der Waals surface area (Å²) in [5.74, 6) is -0.362. The van der Waals surface area contributed by atoms with Crippen molar-refractivity contribution < 1.29 is 42.8 Å². The molecule has 3 aromatic carbocycles. The Labute approximate surface area is 336 Å². The summed E-state index contributed by atoms with van der Waals surface area (Å²) in [7, 11) is 1.27. The summed E-state index contributed by atoms with van der Waals surface area (Å²) in [5, 5.41) is 0. The largest absolute Gasteiger partial charge is 0.490 e. The number of ether oxygens (including phenoxy) is 6. The number of thiazole rings is 1. The van der Waals surface area contributed by atoms with Gasteiger partial charge in [-0.2, -0.15) is 0 Å². The smallest absolute Gasteiger partial charge is 0.343 e. The lowest BCUT2D eigenvalue weighted by atomic mass is 9.95. The Morgan fingerprint density at radius 3 is 2.28 bits per heavy atom. The first kappa shape index (κ1) is 40.0. The molecule has 4 aromatic rings. The molecule has 0 aliphatic carbocycles. The van der Waals surface area contributed by atoms with Crippen LogP contribution in [-0.2, 0) is 30.4 Å². The van der Waals surface area contributed by atoms with Gasteiger partial charge in [0.05, 0.1) is 57.9 Å². The fourth-order valence-electron chi connectivity index (χ4n) is 5.47. The number of allylic oxidation sites excluding steroid dienone is 1. The van der Waals surface area contributed by atoms with Crippen LogP contribution in [0.3, 0.4) is 0 Å². The minimum atomic E-state index is -0.911. The summed E-state index contributed by atoms with van der Waals surface area (Å²) >= 11 is 5.61. The number of methoxy groups -OCH3 is 1. The first-order chi connectivity index (χ1) is 25.5. The van der Waals surface area contributed by atoms with E-state index in [-0.39, 0.29) is 36.9 Å². The molecule has 53 heavy (non-hydrogen) atoms. The Hall–Kier alpha value is -4.23. The normalized spacial score (nSPS) is 13.9. The van der Waals surface area contributed by atoms with Crippen LogP contribution in [0.15, 0.2) is 75.7 Å². The maximum atomic E-state index is 14.4. The van der Waals surface area contributed by atoms with Gasteiger partial charge in [0.25, 0.3) is 5.56 Å². The molecule has 0 fully saturated rings. The molecule has 0 unspecified atom stereocenters. The Morgan fingerprint density at radius 2 is 1.60 bits per heavy atom. The third-order valence-corrected chi connectivity index (χ3v) is 10.3. The molecule has 12 nitrogen and oxygen atoms in total. The van der Waals surface area contributed by atoms with E-state index in [0.29, 0.717) is 62.2 Å². The van der Waals surface area contributed by atoms with Gasteiger partial charge in [0.15, 0.2) is 22.9 Å². The molecule has 0 amide bonds. The van der Waals surface area contributed by atoms with E-state index >= 15 is 0 Å². The predicted molar refractivity (Wildman–Crippen MR) is 214 cm³/mol. The molecule has 1 aliphatic heterocycles. The molecule has 2 heterocycles. The van der Waals surface area contributed by atoms with Crippen LogP contribution in [0.5, 0.6) is 17.2 Å². The lowest BCUT2D eigenvalue weighted by Crippen LogP contribution is -2.40. The number of carbonyl (C=O) groups excluding carboxylic acids is 3. The zero-order chi connectivity index (χ0) is 38.2. The highest BCUT2D eigenvalue weighted by atomic mass is 127. The lowest BCUT2D eigenvalue weighted by molar-refractivity contribution is -0.143. The zero-order valence-electron chi connectivity index (χ0n) is 29.5. The second-order valence-corrected chi connectivity index (χ2v) is 14.7. The molecule has 0 radical (unpaired) electrons. The maximum Gasteiger partial charge on any atom is 0.343 e. The van der Waals surface area contributed by atoms with E-state index in [1.54, 1.807) is 64.1 Å².